The van der Waals surface area contributed by atoms with Gasteiger partial charge in [-0.05, 0) is 37.1 Å². The zero-order valence-corrected chi connectivity index (χ0v) is 15.2. The Morgan fingerprint density at radius 2 is 1.77 bits per heavy atom. The minimum absolute atomic E-state index is 0.0696. The Hall–Kier alpha value is -3.41. The average molecular weight is 357 g/mol. The van der Waals surface area contributed by atoms with Crippen LogP contribution in [0.2, 0.25) is 0 Å². The van der Waals surface area contributed by atoms with Gasteiger partial charge in [0.1, 0.15) is 16.8 Å². The third kappa shape index (κ3) is 3.21. The van der Waals surface area contributed by atoms with Gasteiger partial charge in [-0.25, -0.2) is 0 Å². The third-order valence-corrected chi connectivity index (χ3v) is 5.04. The van der Waals surface area contributed by atoms with Gasteiger partial charge in [0.2, 0.25) is 0 Å². The smallest absolute Gasteiger partial charge is 0.267 e. The van der Waals surface area contributed by atoms with Crippen molar-refractivity contribution in [2.24, 2.45) is 0 Å². The van der Waals surface area contributed by atoms with Crippen molar-refractivity contribution in [1.29, 1.82) is 10.5 Å². The summed E-state index contributed by atoms with van der Waals surface area (Å²) in [5.74, 6) is 0. The molecule has 0 saturated carbocycles. The maximum absolute atomic E-state index is 13.1. The second kappa shape index (κ2) is 7.23. The van der Waals surface area contributed by atoms with E-state index in [-0.39, 0.29) is 11.1 Å². The van der Waals surface area contributed by atoms with E-state index in [9.17, 15) is 15.3 Å². The number of thiazole rings is 1. The van der Waals surface area contributed by atoms with Gasteiger partial charge >= 0.3 is 0 Å². The van der Waals surface area contributed by atoms with Crippen LogP contribution in [0.5, 0.6) is 0 Å². The molecule has 0 N–H and O–H groups in total. The molecule has 0 amide bonds. The maximum atomic E-state index is 13.1. The molecule has 0 saturated heterocycles. The molecular weight excluding hydrogens is 342 g/mol. The lowest BCUT2D eigenvalue weighted by Crippen LogP contribution is -2.31. The van der Waals surface area contributed by atoms with Crippen molar-refractivity contribution in [3.8, 4) is 17.8 Å². The first-order valence-electron chi connectivity index (χ1n) is 7.96. The zero-order valence-electron chi connectivity index (χ0n) is 14.4. The molecule has 0 bridgehead atoms. The van der Waals surface area contributed by atoms with Gasteiger partial charge in [0, 0.05) is 0 Å². The highest BCUT2D eigenvalue weighted by molar-refractivity contribution is 7.07. The van der Waals surface area contributed by atoms with Gasteiger partial charge in [0.25, 0.3) is 5.56 Å². The molecule has 4 nitrogen and oxygen atoms in total. The number of aryl methyl sites for hydroxylation is 2. The number of hydrogen-bond donors (Lipinski definition) is 0. The molecular formula is C21H15N3OS. The molecule has 0 spiro atoms. The molecule has 26 heavy (non-hydrogen) atoms. The molecule has 0 aliphatic heterocycles. The van der Waals surface area contributed by atoms with Crippen molar-refractivity contribution in [2.75, 3.05) is 0 Å². The van der Waals surface area contributed by atoms with E-state index in [1.54, 1.807) is 6.08 Å². The summed E-state index contributed by atoms with van der Waals surface area (Å²) < 4.78 is 2.30. The van der Waals surface area contributed by atoms with Gasteiger partial charge < -0.3 is 0 Å². The van der Waals surface area contributed by atoms with Crippen molar-refractivity contribution in [1.82, 2.24) is 4.57 Å². The number of nitrogens with zero attached hydrogens (tertiary/aromatic N) is 3. The number of aromatic nitrogens is 1. The van der Waals surface area contributed by atoms with Crippen molar-refractivity contribution in [3.05, 3.63) is 84.8 Å². The average Bonchev–Trinajstić information content (AvgIpc) is 2.94. The molecule has 3 aromatic rings. The Morgan fingerprint density at radius 1 is 1.08 bits per heavy atom. The number of rotatable bonds is 2. The summed E-state index contributed by atoms with van der Waals surface area (Å²) in [4.78, 5) is 13.1. The van der Waals surface area contributed by atoms with Crippen LogP contribution in [0.1, 0.15) is 16.7 Å². The standard InChI is InChI=1S/C21H15N3OS/c1-14-8-9-18(15(2)10-14)24-20(25)19(11-16-6-4-3-5-7-16)26-21(24)17(12-22)13-23/h3-11H,1-2H3/b19-11+. The predicted octanol–water partition coefficient (Wildman–Crippen LogP) is 2.54. The highest BCUT2D eigenvalue weighted by Gasteiger charge is 2.13. The van der Waals surface area contributed by atoms with Crippen molar-refractivity contribution < 1.29 is 0 Å². The van der Waals surface area contributed by atoms with Gasteiger partial charge in [0.05, 0.1) is 10.2 Å². The largest absolute Gasteiger partial charge is 0.273 e. The van der Waals surface area contributed by atoms with E-state index in [1.165, 1.54) is 4.57 Å². The van der Waals surface area contributed by atoms with Gasteiger partial charge in [-0.15, -0.1) is 11.3 Å². The third-order valence-electron chi connectivity index (χ3n) is 3.95. The van der Waals surface area contributed by atoms with Crippen LogP contribution in [-0.2, 0) is 0 Å². The number of nitriles is 2. The van der Waals surface area contributed by atoms with Gasteiger partial charge in [-0.1, -0.05) is 48.0 Å². The molecule has 126 valence electrons. The molecule has 1 aromatic heterocycles. The predicted molar refractivity (Wildman–Crippen MR) is 103 cm³/mol. The lowest BCUT2D eigenvalue weighted by atomic mass is 10.1. The van der Waals surface area contributed by atoms with Crippen LogP contribution in [0.15, 0.2) is 53.3 Å². The van der Waals surface area contributed by atoms with Crippen LogP contribution in [0.4, 0.5) is 0 Å². The van der Waals surface area contributed by atoms with E-state index in [0.717, 1.165) is 28.0 Å². The lowest BCUT2D eigenvalue weighted by Gasteiger charge is -2.07. The fourth-order valence-electron chi connectivity index (χ4n) is 2.75. The second-order valence-corrected chi connectivity index (χ2v) is 6.89. The Bertz CT molecular complexity index is 1220. The number of hydrogen-bond acceptors (Lipinski definition) is 4. The van der Waals surface area contributed by atoms with Crippen LogP contribution in [-0.4, -0.2) is 4.57 Å². The van der Waals surface area contributed by atoms with Crippen molar-refractivity contribution in [3.63, 3.8) is 0 Å². The lowest BCUT2D eigenvalue weighted by molar-refractivity contribution is 0.973. The van der Waals surface area contributed by atoms with Gasteiger partial charge in [-0.2, -0.15) is 10.5 Å². The summed E-state index contributed by atoms with van der Waals surface area (Å²) >= 11 is 1.16. The molecule has 5 heteroatoms. The minimum atomic E-state index is -0.233. The molecule has 0 aliphatic carbocycles. The Kier molecular flexibility index (Phi) is 4.84. The van der Waals surface area contributed by atoms with Crippen LogP contribution in [0.3, 0.4) is 0 Å². The summed E-state index contributed by atoms with van der Waals surface area (Å²) in [7, 11) is 0. The second-order valence-electron chi connectivity index (χ2n) is 5.86. The van der Waals surface area contributed by atoms with E-state index >= 15 is 0 Å². The van der Waals surface area contributed by atoms with Crippen molar-refractivity contribution in [2.45, 2.75) is 13.8 Å². The first-order chi connectivity index (χ1) is 12.5. The minimum Gasteiger partial charge on any atom is -0.267 e. The highest BCUT2D eigenvalue weighted by atomic mass is 32.1. The molecule has 2 aromatic carbocycles. The fourth-order valence-corrected chi connectivity index (χ4v) is 3.79. The maximum Gasteiger partial charge on any atom is 0.273 e. The van der Waals surface area contributed by atoms with Gasteiger partial charge in [-0.3, -0.25) is 9.36 Å². The van der Waals surface area contributed by atoms with E-state index in [4.69, 9.17) is 0 Å². The van der Waals surface area contributed by atoms with Crippen LogP contribution >= 0.6 is 11.3 Å². The molecule has 1 heterocycles. The van der Waals surface area contributed by atoms with Gasteiger partial charge in [0.15, 0.2) is 5.57 Å². The fraction of sp³-hybridized carbons (Fsp3) is 0.0952. The SMILES string of the molecule is Cc1ccc(-n2c(=C(C#N)C#N)s/c(=C/c3ccccc3)c2=O)c(C)c1. The van der Waals surface area contributed by atoms with E-state index in [2.05, 4.69) is 0 Å². The molecule has 3 rings (SSSR count). The summed E-state index contributed by atoms with van der Waals surface area (Å²) in [6, 6.07) is 19.0. The van der Waals surface area contributed by atoms with Crippen molar-refractivity contribution >= 4 is 23.0 Å². The van der Waals surface area contributed by atoms with Crippen LogP contribution in [0.25, 0.3) is 17.3 Å². The van der Waals surface area contributed by atoms with E-state index < -0.39 is 0 Å². The Labute approximate surface area is 154 Å². The zero-order chi connectivity index (χ0) is 18.7. The summed E-state index contributed by atoms with van der Waals surface area (Å²) in [5.41, 5.74) is 3.26. The first-order valence-corrected chi connectivity index (χ1v) is 8.77. The topological polar surface area (TPSA) is 69.6 Å². The summed E-state index contributed by atoms with van der Waals surface area (Å²) in [6.07, 6.45) is 1.78. The summed E-state index contributed by atoms with van der Waals surface area (Å²) in [5, 5.41) is 18.7. The Balaban J connectivity index is 2.44. The first kappa shape index (κ1) is 17.4. The number of benzene rings is 2. The van der Waals surface area contributed by atoms with Crippen LogP contribution < -0.4 is 14.8 Å². The molecule has 0 radical (unpaired) electrons. The van der Waals surface area contributed by atoms with E-state index in [1.807, 2.05) is 74.5 Å². The highest BCUT2D eigenvalue weighted by Crippen LogP contribution is 2.13. The van der Waals surface area contributed by atoms with Crippen LogP contribution in [0, 0.1) is 36.5 Å². The quantitative estimate of drug-likeness (QED) is 0.708. The van der Waals surface area contributed by atoms with E-state index in [0.29, 0.717) is 14.9 Å². The Morgan fingerprint density at radius 3 is 2.38 bits per heavy atom. The molecule has 0 aliphatic rings. The monoisotopic (exact) mass is 357 g/mol. The summed E-state index contributed by atoms with van der Waals surface area (Å²) in [6.45, 7) is 3.89. The molecule has 0 fully saturated rings. The normalized spacial score (nSPS) is 11.0. The molecule has 0 unspecified atom stereocenters. The molecule has 0 atom stereocenters.